The van der Waals surface area contributed by atoms with Gasteiger partial charge in [0, 0.05) is 38.6 Å². The maximum Gasteiger partial charge on any atom is 0.326 e. The molecule has 0 aromatic carbocycles. The lowest BCUT2D eigenvalue weighted by Crippen LogP contribution is -2.47. The molecule has 1 aliphatic heterocycles. The zero-order valence-electron chi connectivity index (χ0n) is 9.50. The number of nitrogens with zero attached hydrogens (tertiary/aromatic N) is 1. The van der Waals surface area contributed by atoms with Crippen molar-refractivity contribution in [2.75, 3.05) is 26.3 Å². The van der Waals surface area contributed by atoms with Gasteiger partial charge in [0.2, 0.25) is 0 Å². The van der Waals surface area contributed by atoms with Crippen LogP contribution in [-0.4, -0.2) is 64.6 Å². The molecule has 0 radical (unpaired) electrons. The van der Waals surface area contributed by atoms with Crippen molar-refractivity contribution in [3.8, 4) is 0 Å². The normalized spacial score (nSPS) is 21.3. The molecule has 0 aliphatic carbocycles. The molecule has 0 saturated carbocycles. The number of aliphatic hydroxyl groups excluding tert-OH is 2. The molecule has 0 aromatic rings. The summed E-state index contributed by atoms with van der Waals surface area (Å²) in [5.41, 5.74) is 0. The van der Waals surface area contributed by atoms with Crippen LogP contribution >= 0.6 is 0 Å². The van der Waals surface area contributed by atoms with Crippen molar-refractivity contribution in [2.24, 2.45) is 5.92 Å². The lowest BCUT2D eigenvalue weighted by atomic mass is 10.1. The third-order valence-corrected chi connectivity index (χ3v) is 2.84. The third-order valence-electron chi connectivity index (χ3n) is 2.84. The Kier molecular flexibility index (Phi) is 5.17. The molecule has 4 N–H and O–H groups in total. The number of carboxylic acids is 1. The topological polar surface area (TPSA) is 110 Å². The van der Waals surface area contributed by atoms with E-state index in [1.165, 1.54) is 4.90 Å². The van der Waals surface area contributed by atoms with Gasteiger partial charge < -0.3 is 25.5 Å². The van der Waals surface area contributed by atoms with E-state index in [1.54, 1.807) is 0 Å². The lowest BCUT2D eigenvalue weighted by molar-refractivity contribution is -0.139. The van der Waals surface area contributed by atoms with Crippen molar-refractivity contribution < 1.29 is 24.9 Å². The van der Waals surface area contributed by atoms with E-state index < -0.39 is 18.0 Å². The Morgan fingerprint density at radius 1 is 1.41 bits per heavy atom. The first kappa shape index (κ1) is 13.7. The fourth-order valence-corrected chi connectivity index (χ4v) is 1.79. The Morgan fingerprint density at radius 2 is 2.12 bits per heavy atom. The molecule has 7 nitrogen and oxygen atoms in total. The summed E-state index contributed by atoms with van der Waals surface area (Å²) in [7, 11) is 0. The number of nitrogens with one attached hydrogen (secondary N) is 1. The van der Waals surface area contributed by atoms with Gasteiger partial charge in [-0.15, -0.1) is 0 Å². The Balaban J connectivity index is 2.45. The highest BCUT2D eigenvalue weighted by atomic mass is 16.4. The molecule has 1 saturated heterocycles. The Morgan fingerprint density at radius 3 is 2.59 bits per heavy atom. The first-order chi connectivity index (χ1) is 8.08. The van der Waals surface area contributed by atoms with E-state index in [-0.39, 0.29) is 25.6 Å². The molecule has 2 atom stereocenters. The molecule has 1 unspecified atom stereocenters. The van der Waals surface area contributed by atoms with Gasteiger partial charge in [0.15, 0.2) is 0 Å². The highest BCUT2D eigenvalue weighted by Crippen LogP contribution is 2.15. The molecule has 0 spiro atoms. The highest BCUT2D eigenvalue weighted by Gasteiger charge is 2.28. The second-order valence-corrected chi connectivity index (χ2v) is 4.14. The van der Waals surface area contributed by atoms with Crippen molar-refractivity contribution in [2.45, 2.75) is 18.9 Å². The van der Waals surface area contributed by atoms with Gasteiger partial charge in [-0.05, 0) is 6.42 Å². The summed E-state index contributed by atoms with van der Waals surface area (Å²) in [6.07, 6.45) is 0.708. The zero-order valence-corrected chi connectivity index (χ0v) is 9.50. The van der Waals surface area contributed by atoms with Crippen LogP contribution in [0.4, 0.5) is 4.79 Å². The second-order valence-electron chi connectivity index (χ2n) is 4.14. The van der Waals surface area contributed by atoms with Crippen LogP contribution in [0.3, 0.4) is 0 Å². The maximum absolute atomic E-state index is 11.7. The predicted molar refractivity (Wildman–Crippen MR) is 58.4 cm³/mol. The van der Waals surface area contributed by atoms with Gasteiger partial charge in [-0.25, -0.2) is 9.59 Å². The minimum Gasteiger partial charge on any atom is -0.480 e. The maximum atomic E-state index is 11.7. The van der Waals surface area contributed by atoms with Crippen LogP contribution in [0.1, 0.15) is 12.8 Å². The molecular formula is C10H18N2O5. The molecule has 1 fully saturated rings. The number of aliphatic hydroxyl groups is 2. The summed E-state index contributed by atoms with van der Waals surface area (Å²) in [5.74, 6) is -1.09. The van der Waals surface area contributed by atoms with E-state index in [4.69, 9.17) is 15.3 Å². The fraction of sp³-hybridized carbons (Fsp3) is 0.800. The summed E-state index contributed by atoms with van der Waals surface area (Å²) in [6.45, 7) is 0.690. The smallest absolute Gasteiger partial charge is 0.326 e. The fourth-order valence-electron chi connectivity index (χ4n) is 1.79. The summed E-state index contributed by atoms with van der Waals surface area (Å²) >= 11 is 0. The average Bonchev–Trinajstić information content (AvgIpc) is 2.76. The minimum absolute atomic E-state index is 0.0155. The second kappa shape index (κ2) is 6.41. The Hall–Kier alpha value is -1.34. The largest absolute Gasteiger partial charge is 0.480 e. The molecule has 1 heterocycles. The SMILES string of the molecule is O=C(O)[C@H](CCO)NC(=O)N1CCC(CO)C1. The van der Waals surface area contributed by atoms with Crippen LogP contribution in [0.5, 0.6) is 0 Å². The molecule has 98 valence electrons. The lowest BCUT2D eigenvalue weighted by Gasteiger charge is -2.20. The number of rotatable bonds is 5. The van der Waals surface area contributed by atoms with Crippen molar-refractivity contribution in [3.63, 3.8) is 0 Å². The number of likely N-dealkylation sites (tertiary alicyclic amines) is 1. The first-order valence-corrected chi connectivity index (χ1v) is 5.58. The molecule has 1 aliphatic rings. The number of carboxylic acid groups (broad SMARTS) is 1. The molecule has 1 rings (SSSR count). The van der Waals surface area contributed by atoms with Crippen LogP contribution < -0.4 is 5.32 Å². The summed E-state index contributed by atoms with van der Waals surface area (Å²) in [6, 6.07) is -1.53. The van der Waals surface area contributed by atoms with Crippen LogP contribution in [0.25, 0.3) is 0 Å². The van der Waals surface area contributed by atoms with Gasteiger partial charge in [0.1, 0.15) is 6.04 Å². The van der Waals surface area contributed by atoms with Crippen LogP contribution in [-0.2, 0) is 4.79 Å². The number of amides is 2. The average molecular weight is 246 g/mol. The number of hydrogen-bond acceptors (Lipinski definition) is 4. The predicted octanol–water partition coefficient (Wildman–Crippen LogP) is -1.15. The number of aliphatic carboxylic acids is 1. The molecule has 2 amide bonds. The van der Waals surface area contributed by atoms with Gasteiger partial charge >= 0.3 is 12.0 Å². The molecule has 7 heteroatoms. The monoisotopic (exact) mass is 246 g/mol. The van der Waals surface area contributed by atoms with E-state index in [2.05, 4.69) is 5.32 Å². The standard InChI is InChI=1S/C10H18N2O5/c13-4-2-8(9(15)16)11-10(17)12-3-1-7(5-12)6-14/h7-8,13-14H,1-6H2,(H,11,17)(H,15,16)/t7?,8-/m0/s1. The molecule has 17 heavy (non-hydrogen) atoms. The van der Waals surface area contributed by atoms with E-state index in [0.717, 1.165) is 6.42 Å². The van der Waals surface area contributed by atoms with Crippen molar-refractivity contribution in [1.29, 1.82) is 0 Å². The Bertz CT molecular complexity index is 284. The van der Waals surface area contributed by atoms with Gasteiger partial charge in [-0.3, -0.25) is 0 Å². The van der Waals surface area contributed by atoms with Crippen molar-refractivity contribution >= 4 is 12.0 Å². The summed E-state index contributed by atoms with van der Waals surface area (Å²) in [4.78, 5) is 23.9. The number of urea groups is 1. The van der Waals surface area contributed by atoms with Crippen LogP contribution in [0, 0.1) is 5.92 Å². The van der Waals surface area contributed by atoms with Gasteiger partial charge in [-0.1, -0.05) is 0 Å². The van der Waals surface area contributed by atoms with E-state index in [9.17, 15) is 9.59 Å². The molecule has 0 aromatic heterocycles. The number of carbonyl (C=O) groups excluding carboxylic acids is 1. The van der Waals surface area contributed by atoms with Crippen LogP contribution in [0.15, 0.2) is 0 Å². The van der Waals surface area contributed by atoms with E-state index in [1.807, 2.05) is 0 Å². The quantitative estimate of drug-likeness (QED) is 0.489. The minimum atomic E-state index is -1.16. The van der Waals surface area contributed by atoms with Gasteiger partial charge in [0.25, 0.3) is 0 Å². The van der Waals surface area contributed by atoms with Gasteiger partial charge in [-0.2, -0.15) is 0 Å². The molecule has 0 bridgehead atoms. The summed E-state index contributed by atoms with van der Waals surface area (Å²) in [5, 5.41) is 28.8. The van der Waals surface area contributed by atoms with Crippen LogP contribution in [0.2, 0.25) is 0 Å². The van der Waals surface area contributed by atoms with E-state index >= 15 is 0 Å². The summed E-state index contributed by atoms with van der Waals surface area (Å²) < 4.78 is 0. The highest BCUT2D eigenvalue weighted by molar-refractivity contribution is 5.82. The van der Waals surface area contributed by atoms with Gasteiger partial charge in [0.05, 0.1) is 0 Å². The number of hydrogen-bond donors (Lipinski definition) is 4. The molecular weight excluding hydrogens is 228 g/mol. The van der Waals surface area contributed by atoms with Crippen molar-refractivity contribution in [3.05, 3.63) is 0 Å². The number of carbonyl (C=O) groups is 2. The first-order valence-electron chi connectivity index (χ1n) is 5.58. The zero-order chi connectivity index (χ0) is 12.8. The van der Waals surface area contributed by atoms with Crippen molar-refractivity contribution in [1.82, 2.24) is 10.2 Å². The van der Waals surface area contributed by atoms with E-state index in [0.29, 0.717) is 13.1 Å². The Labute approximate surface area is 99.0 Å². The third kappa shape index (κ3) is 3.86.